The Morgan fingerprint density at radius 3 is 2.69 bits per heavy atom. The van der Waals surface area contributed by atoms with Gasteiger partial charge in [-0.1, -0.05) is 13.8 Å². The van der Waals surface area contributed by atoms with Crippen molar-refractivity contribution in [3.8, 4) is 5.69 Å². The number of nitrogens with two attached hydrogens (primary N) is 1. The molecule has 2 aromatic rings. The van der Waals surface area contributed by atoms with Crippen molar-refractivity contribution in [3.05, 3.63) is 46.3 Å². The molecule has 1 aromatic carbocycles. The predicted molar refractivity (Wildman–Crippen MR) is 110 cm³/mol. The second-order valence-electron chi connectivity index (χ2n) is 9.23. The van der Waals surface area contributed by atoms with Gasteiger partial charge in [0.05, 0.1) is 22.6 Å². The summed E-state index contributed by atoms with van der Waals surface area (Å²) in [6, 6.07) is 5.70. The van der Waals surface area contributed by atoms with E-state index in [4.69, 9.17) is 15.6 Å². The highest BCUT2D eigenvalue weighted by Crippen LogP contribution is 2.37. The van der Waals surface area contributed by atoms with Gasteiger partial charge in [0.1, 0.15) is 0 Å². The molecule has 1 aliphatic carbocycles. The minimum atomic E-state index is -0.409. The van der Waals surface area contributed by atoms with Crippen molar-refractivity contribution >= 4 is 11.7 Å². The summed E-state index contributed by atoms with van der Waals surface area (Å²) in [5.74, 6) is 0.232. The number of carbonyl (C=O) groups excluding carboxylic acids is 2. The first-order valence-electron chi connectivity index (χ1n) is 10.4. The molecule has 1 aromatic heterocycles. The molecular weight excluding hydrogens is 366 g/mol. The van der Waals surface area contributed by atoms with E-state index in [0.717, 1.165) is 67.1 Å². The maximum atomic E-state index is 12.7. The quantitative estimate of drug-likeness (QED) is 0.859. The number of benzene rings is 1. The molecule has 1 saturated heterocycles. The van der Waals surface area contributed by atoms with E-state index in [1.54, 1.807) is 6.07 Å². The van der Waals surface area contributed by atoms with Gasteiger partial charge in [-0.15, -0.1) is 0 Å². The van der Waals surface area contributed by atoms with Crippen molar-refractivity contribution in [1.82, 2.24) is 9.78 Å². The largest absolute Gasteiger partial charge is 0.381 e. The van der Waals surface area contributed by atoms with E-state index in [2.05, 4.69) is 13.8 Å². The van der Waals surface area contributed by atoms with Crippen molar-refractivity contribution in [2.75, 3.05) is 13.2 Å². The third-order valence-electron chi connectivity index (χ3n) is 6.17. The minimum absolute atomic E-state index is 0.0909. The molecule has 6 heteroatoms. The predicted octanol–water partition coefficient (Wildman–Crippen LogP) is 3.40. The Balaban J connectivity index is 1.76. The molecule has 0 spiro atoms. The number of carbonyl (C=O) groups is 2. The van der Waals surface area contributed by atoms with Crippen LogP contribution >= 0.6 is 0 Å². The van der Waals surface area contributed by atoms with E-state index in [1.165, 1.54) is 0 Å². The summed E-state index contributed by atoms with van der Waals surface area (Å²) < 4.78 is 7.36. The zero-order chi connectivity index (χ0) is 20.8. The fourth-order valence-electron chi connectivity index (χ4n) is 4.74. The summed E-state index contributed by atoms with van der Waals surface area (Å²) in [6.45, 7) is 7.66. The lowest BCUT2D eigenvalue weighted by Crippen LogP contribution is -2.28. The molecule has 0 saturated carbocycles. The van der Waals surface area contributed by atoms with Gasteiger partial charge in [-0.2, -0.15) is 5.10 Å². The van der Waals surface area contributed by atoms with Crippen LogP contribution in [0.2, 0.25) is 0 Å². The zero-order valence-corrected chi connectivity index (χ0v) is 17.5. The highest BCUT2D eigenvalue weighted by atomic mass is 16.5. The van der Waals surface area contributed by atoms with Gasteiger partial charge in [-0.3, -0.25) is 9.59 Å². The van der Waals surface area contributed by atoms with Crippen molar-refractivity contribution in [1.29, 1.82) is 0 Å². The number of aryl methyl sites for hydroxylation is 1. The third kappa shape index (κ3) is 3.86. The first-order valence-corrected chi connectivity index (χ1v) is 10.4. The molecule has 6 nitrogen and oxygen atoms in total. The number of nitrogens with zero attached hydrogens (tertiary/aromatic N) is 2. The fourth-order valence-corrected chi connectivity index (χ4v) is 4.74. The summed E-state index contributed by atoms with van der Waals surface area (Å²) >= 11 is 0. The topological polar surface area (TPSA) is 87.2 Å². The van der Waals surface area contributed by atoms with Gasteiger partial charge in [0.15, 0.2) is 5.78 Å². The number of rotatable bonds is 4. The normalized spacial score (nSPS) is 19.2. The lowest BCUT2D eigenvalue weighted by atomic mass is 9.75. The Morgan fingerprint density at radius 1 is 1.28 bits per heavy atom. The SMILES string of the molecule is Cc1nn(-c2ccc(C(N)=O)c(CC3CCOCC3)c2)c2c1C(=O)CC(C)(C)C2. The summed E-state index contributed by atoms with van der Waals surface area (Å²) in [5, 5.41) is 4.70. The molecule has 1 fully saturated rings. The summed E-state index contributed by atoms with van der Waals surface area (Å²) in [7, 11) is 0. The van der Waals surface area contributed by atoms with Gasteiger partial charge in [-0.25, -0.2) is 4.68 Å². The van der Waals surface area contributed by atoms with E-state index in [9.17, 15) is 9.59 Å². The Hall–Kier alpha value is -2.47. The van der Waals surface area contributed by atoms with E-state index in [-0.39, 0.29) is 11.2 Å². The van der Waals surface area contributed by atoms with Crippen LogP contribution in [0.25, 0.3) is 5.69 Å². The highest BCUT2D eigenvalue weighted by molar-refractivity contribution is 6.00. The Morgan fingerprint density at radius 2 is 2.00 bits per heavy atom. The first-order chi connectivity index (χ1) is 13.7. The summed E-state index contributed by atoms with van der Waals surface area (Å²) in [6.07, 6.45) is 4.11. The number of Topliss-reactive ketones (excluding diaryl/α,β-unsaturated/α-hetero) is 1. The van der Waals surface area contributed by atoms with Crippen LogP contribution in [-0.4, -0.2) is 34.7 Å². The monoisotopic (exact) mass is 395 g/mol. The molecule has 1 aliphatic heterocycles. The van der Waals surface area contributed by atoms with Gasteiger partial charge >= 0.3 is 0 Å². The number of primary amides is 1. The average molecular weight is 396 g/mol. The molecule has 4 rings (SSSR count). The van der Waals surface area contributed by atoms with E-state index >= 15 is 0 Å². The summed E-state index contributed by atoms with van der Waals surface area (Å²) in [5.41, 5.74) is 10.4. The molecular formula is C23H29N3O3. The van der Waals surface area contributed by atoms with E-state index in [1.807, 2.05) is 23.7 Å². The second kappa shape index (κ2) is 7.41. The van der Waals surface area contributed by atoms with E-state index < -0.39 is 5.91 Å². The molecule has 0 bridgehead atoms. The number of amides is 1. The Bertz CT molecular complexity index is 968. The van der Waals surface area contributed by atoms with Crippen molar-refractivity contribution in [2.45, 2.75) is 52.9 Å². The van der Waals surface area contributed by atoms with Crippen LogP contribution in [0, 0.1) is 18.3 Å². The van der Waals surface area contributed by atoms with Gasteiger partial charge < -0.3 is 10.5 Å². The number of aromatic nitrogens is 2. The van der Waals surface area contributed by atoms with Crippen molar-refractivity contribution < 1.29 is 14.3 Å². The third-order valence-corrected chi connectivity index (χ3v) is 6.17. The number of ketones is 1. The van der Waals surface area contributed by atoms with Gasteiger partial charge in [0.2, 0.25) is 5.91 Å². The average Bonchev–Trinajstić information content (AvgIpc) is 2.97. The van der Waals surface area contributed by atoms with Gasteiger partial charge in [-0.05, 0) is 67.7 Å². The smallest absolute Gasteiger partial charge is 0.248 e. The molecule has 2 N–H and O–H groups in total. The maximum absolute atomic E-state index is 12.7. The molecule has 2 heterocycles. The van der Waals surface area contributed by atoms with Gasteiger partial charge in [0, 0.05) is 25.2 Å². The van der Waals surface area contributed by atoms with Crippen molar-refractivity contribution in [2.24, 2.45) is 17.1 Å². The van der Waals surface area contributed by atoms with Crippen LogP contribution in [-0.2, 0) is 17.6 Å². The number of ether oxygens (including phenoxy) is 1. The molecule has 29 heavy (non-hydrogen) atoms. The van der Waals surface area contributed by atoms with Crippen LogP contribution in [0.4, 0.5) is 0 Å². The molecule has 154 valence electrons. The minimum Gasteiger partial charge on any atom is -0.381 e. The van der Waals surface area contributed by atoms with E-state index in [0.29, 0.717) is 17.9 Å². The fraction of sp³-hybridized carbons (Fsp3) is 0.522. The molecule has 0 unspecified atom stereocenters. The van der Waals surface area contributed by atoms with Crippen LogP contribution < -0.4 is 5.73 Å². The zero-order valence-electron chi connectivity index (χ0n) is 17.5. The van der Waals surface area contributed by atoms with Crippen molar-refractivity contribution in [3.63, 3.8) is 0 Å². The van der Waals surface area contributed by atoms with Crippen LogP contribution in [0.5, 0.6) is 0 Å². The standard InChI is InChI=1S/C23H29N3O3/c1-14-21-19(12-23(2,3)13-20(21)27)26(25-14)17-4-5-18(22(24)28)16(11-17)10-15-6-8-29-9-7-15/h4-5,11,15H,6-10,12-13H2,1-3H3,(H2,24,28). The summed E-state index contributed by atoms with van der Waals surface area (Å²) in [4.78, 5) is 24.7. The van der Waals surface area contributed by atoms with Crippen LogP contribution in [0.15, 0.2) is 18.2 Å². The molecule has 0 atom stereocenters. The number of hydrogen-bond acceptors (Lipinski definition) is 4. The molecule has 2 aliphatic rings. The Kier molecular flexibility index (Phi) is 5.07. The lowest BCUT2D eigenvalue weighted by Gasteiger charge is -2.29. The first kappa shape index (κ1) is 19.8. The second-order valence-corrected chi connectivity index (χ2v) is 9.23. The number of hydrogen-bond donors (Lipinski definition) is 1. The number of fused-ring (bicyclic) bond motifs is 1. The lowest BCUT2D eigenvalue weighted by molar-refractivity contribution is 0.0664. The van der Waals surface area contributed by atoms with Gasteiger partial charge in [0.25, 0.3) is 0 Å². The van der Waals surface area contributed by atoms with Crippen LogP contribution in [0.3, 0.4) is 0 Å². The molecule has 0 radical (unpaired) electrons. The van der Waals surface area contributed by atoms with Crippen LogP contribution in [0.1, 0.15) is 70.8 Å². The maximum Gasteiger partial charge on any atom is 0.248 e. The molecule has 1 amide bonds. The Labute approximate surface area is 171 Å². The highest BCUT2D eigenvalue weighted by Gasteiger charge is 2.35.